The molecule has 0 radical (unpaired) electrons. The molecule has 2 aromatic carbocycles. The highest BCUT2D eigenvalue weighted by molar-refractivity contribution is 9.10. The molecule has 28 heavy (non-hydrogen) atoms. The zero-order chi connectivity index (χ0) is 19.3. The minimum atomic E-state index is 0.399. The Labute approximate surface area is 171 Å². The maximum Gasteiger partial charge on any atom is 0.276 e. The van der Waals surface area contributed by atoms with E-state index in [0.29, 0.717) is 17.4 Å². The van der Waals surface area contributed by atoms with Crippen molar-refractivity contribution in [3.8, 4) is 40.0 Å². The lowest BCUT2D eigenvalue weighted by molar-refractivity contribution is 0.309. The van der Waals surface area contributed by atoms with Crippen molar-refractivity contribution in [2.45, 2.75) is 19.8 Å². The van der Waals surface area contributed by atoms with Crippen LogP contribution in [0.25, 0.3) is 34.2 Å². The number of nitrogens with zero attached hydrogens (tertiary/aromatic N) is 3. The van der Waals surface area contributed by atoms with Gasteiger partial charge < -0.3 is 9.26 Å². The highest BCUT2D eigenvalue weighted by Crippen LogP contribution is 2.26. The summed E-state index contributed by atoms with van der Waals surface area (Å²) in [6.07, 6.45) is 2.17. The number of hydrogen-bond acceptors (Lipinski definition) is 5. The lowest BCUT2D eigenvalue weighted by atomic mass is 10.1. The number of unbranched alkanes of at least 4 members (excludes halogenated alkanes) is 1. The van der Waals surface area contributed by atoms with E-state index in [1.54, 1.807) is 0 Å². The van der Waals surface area contributed by atoms with Gasteiger partial charge in [0.15, 0.2) is 0 Å². The summed E-state index contributed by atoms with van der Waals surface area (Å²) in [6.45, 7) is 2.88. The Balaban J connectivity index is 1.49. The van der Waals surface area contributed by atoms with Gasteiger partial charge in [-0.15, -0.1) is 0 Å². The van der Waals surface area contributed by atoms with E-state index in [1.807, 2.05) is 54.6 Å². The Kier molecular flexibility index (Phi) is 5.53. The minimum absolute atomic E-state index is 0.399. The van der Waals surface area contributed by atoms with Gasteiger partial charge in [0, 0.05) is 15.6 Å². The molecule has 0 spiro atoms. The minimum Gasteiger partial charge on any atom is -0.494 e. The summed E-state index contributed by atoms with van der Waals surface area (Å²) >= 11 is 3.42. The fraction of sp³-hybridized carbons (Fsp3) is 0.190. The molecule has 6 nitrogen and oxygen atoms in total. The lowest BCUT2D eigenvalue weighted by Crippen LogP contribution is -1.95. The van der Waals surface area contributed by atoms with Crippen LogP contribution in [0, 0.1) is 0 Å². The molecule has 142 valence electrons. The molecular weight excluding hydrogens is 420 g/mol. The van der Waals surface area contributed by atoms with E-state index in [1.165, 1.54) is 0 Å². The molecule has 2 heterocycles. The van der Waals surface area contributed by atoms with Crippen LogP contribution in [0.4, 0.5) is 0 Å². The average molecular weight is 439 g/mol. The SMILES string of the molecule is CCCCOc1ccc(-c2cc(-c3nc(-c4ccc(Br)cc4)no3)[nH]n2)cc1. The predicted molar refractivity (Wildman–Crippen MR) is 111 cm³/mol. The molecule has 0 aliphatic rings. The van der Waals surface area contributed by atoms with Crippen LogP contribution in [-0.4, -0.2) is 26.9 Å². The number of benzene rings is 2. The summed E-state index contributed by atoms with van der Waals surface area (Å²) in [4.78, 5) is 4.46. The Morgan fingerprint density at radius 3 is 2.54 bits per heavy atom. The zero-order valence-corrected chi connectivity index (χ0v) is 16.9. The molecule has 0 saturated carbocycles. The van der Waals surface area contributed by atoms with Crippen molar-refractivity contribution in [2.24, 2.45) is 0 Å². The number of nitrogens with one attached hydrogen (secondary N) is 1. The van der Waals surface area contributed by atoms with E-state index in [0.717, 1.165) is 46.5 Å². The van der Waals surface area contributed by atoms with Crippen LogP contribution in [-0.2, 0) is 0 Å². The standard InChI is InChI=1S/C21H19BrN4O2/c1-2-3-12-27-17-10-6-14(7-11-17)18-13-19(25-24-18)21-23-20(26-28-21)15-4-8-16(22)9-5-15/h4-11,13H,2-3,12H2,1H3,(H,24,25). The van der Waals surface area contributed by atoms with Crippen LogP contribution in [0.5, 0.6) is 5.75 Å². The molecule has 0 bridgehead atoms. The molecule has 1 N–H and O–H groups in total. The van der Waals surface area contributed by atoms with E-state index in [9.17, 15) is 0 Å². The van der Waals surface area contributed by atoms with E-state index in [-0.39, 0.29) is 0 Å². The Hall–Kier alpha value is -2.93. The molecule has 0 amide bonds. The van der Waals surface area contributed by atoms with Gasteiger partial charge in [-0.05, 0) is 61.0 Å². The smallest absolute Gasteiger partial charge is 0.276 e. The van der Waals surface area contributed by atoms with Gasteiger partial charge in [-0.3, -0.25) is 5.10 Å². The fourth-order valence-corrected chi connectivity index (χ4v) is 2.95. The highest BCUT2D eigenvalue weighted by atomic mass is 79.9. The number of ether oxygens (including phenoxy) is 1. The first kappa shape index (κ1) is 18.4. The Morgan fingerprint density at radius 1 is 1.04 bits per heavy atom. The quantitative estimate of drug-likeness (QED) is 0.372. The summed E-state index contributed by atoms with van der Waals surface area (Å²) in [6, 6.07) is 17.5. The van der Waals surface area contributed by atoms with E-state index < -0.39 is 0 Å². The molecule has 0 unspecified atom stereocenters. The molecule has 0 saturated heterocycles. The fourth-order valence-electron chi connectivity index (χ4n) is 2.68. The molecule has 0 fully saturated rings. The normalized spacial score (nSPS) is 10.9. The largest absolute Gasteiger partial charge is 0.494 e. The number of aromatic nitrogens is 4. The van der Waals surface area contributed by atoms with Gasteiger partial charge in [-0.25, -0.2) is 0 Å². The maximum absolute atomic E-state index is 5.70. The zero-order valence-electron chi connectivity index (χ0n) is 15.4. The molecule has 0 aliphatic carbocycles. The van der Waals surface area contributed by atoms with Gasteiger partial charge in [-0.2, -0.15) is 10.1 Å². The van der Waals surface area contributed by atoms with Crippen molar-refractivity contribution in [3.05, 3.63) is 59.1 Å². The van der Waals surface area contributed by atoms with Crippen LogP contribution < -0.4 is 4.74 Å². The van der Waals surface area contributed by atoms with Crippen LogP contribution in [0.3, 0.4) is 0 Å². The Bertz CT molecular complexity index is 1040. The first-order chi connectivity index (χ1) is 13.7. The Morgan fingerprint density at radius 2 is 1.79 bits per heavy atom. The van der Waals surface area contributed by atoms with Crippen LogP contribution in [0.15, 0.2) is 63.6 Å². The van der Waals surface area contributed by atoms with E-state index in [4.69, 9.17) is 9.26 Å². The number of hydrogen-bond donors (Lipinski definition) is 1. The lowest BCUT2D eigenvalue weighted by Gasteiger charge is -2.05. The molecular formula is C21H19BrN4O2. The van der Waals surface area contributed by atoms with Crippen LogP contribution in [0.1, 0.15) is 19.8 Å². The van der Waals surface area contributed by atoms with Crippen molar-refractivity contribution in [3.63, 3.8) is 0 Å². The van der Waals surface area contributed by atoms with E-state index >= 15 is 0 Å². The van der Waals surface area contributed by atoms with Crippen molar-refractivity contribution < 1.29 is 9.26 Å². The number of aromatic amines is 1. The van der Waals surface area contributed by atoms with Gasteiger partial charge in [0.05, 0.1) is 12.3 Å². The second-order valence-electron chi connectivity index (χ2n) is 6.32. The van der Waals surface area contributed by atoms with Gasteiger partial charge in [0.1, 0.15) is 11.4 Å². The molecule has 0 atom stereocenters. The summed E-state index contributed by atoms with van der Waals surface area (Å²) in [5.41, 5.74) is 3.35. The van der Waals surface area contributed by atoms with Gasteiger partial charge in [-0.1, -0.05) is 34.4 Å². The predicted octanol–water partition coefficient (Wildman–Crippen LogP) is 5.74. The number of rotatable bonds is 7. The monoisotopic (exact) mass is 438 g/mol. The second kappa shape index (κ2) is 8.39. The third-order valence-corrected chi connectivity index (χ3v) is 4.78. The van der Waals surface area contributed by atoms with E-state index in [2.05, 4.69) is 43.2 Å². The average Bonchev–Trinajstić information content (AvgIpc) is 3.39. The third kappa shape index (κ3) is 4.14. The van der Waals surface area contributed by atoms with Crippen LogP contribution >= 0.6 is 15.9 Å². The first-order valence-electron chi connectivity index (χ1n) is 9.11. The van der Waals surface area contributed by atoms with Crippen molar-refractivity contribution >= 4 is 15.9 Å². The molecule has 0 aliphatic heterocycles. The van der Waals surface area contributed by atoms with Crippen molar-refractivity contribution in [2.75, 3.05) is 6.61 Å². The van der Waals surface area contributed by atoms with Crippen molar-refractivity contribution in [1.29, 1.82) is 0 Å². The van der Waals surface area contributed by atoms with Crippen LogP contribution in [0.2, 0.25) is 0 Å². The second-order valence-corrected chi connectivity index (χ2v) is 7.24. The maximum atomic E-state index is 5.70. The molecule has 7 heteroatoms. The summed E-state index contributed by atoms with van der Waals surface area (Å²) in [5, 5.41) is 11.4. The van der Waals surface area contributed by atoms with Crippen molar-refractivity contribution in [1.82, 2.24) is 20.3 Å². The van der Waals surface area contributed by atoms with Gasteiger partial charge in [0.25, 0.3) is 5.89 Å². The highest BCUT2D eigenvalue weighted by Gasteiger charge is 2.14. The third-order valence-electron chi connectivity index (χ3n) is 4.25. The first-order valence-corrected chi connectivity index (χ1v) is 9.91. The molecule has 2 aromatic heterocycles. The number of halogens is 1. The summed E-state index contributed by atoms with van der Waals surface area (Å²) in [7, 11) is 0. The van der Waals surface area contributed by atoms with Gasteiger partial charge in [0.2, 0.25) is 5.82 Å². The van der Waals surface area contributed by atoms with Gasteiger partial charge >= 0.3 is 0 Å². The summed E-state index contributed by atoms with van der Waals surface area (Å²) < 4.78 is 12.1. The molecule has 4 aromatic rings. The summed E-state index contributed by atoms with van der Waals surface area (Å²) in [5.74, 6) is 1.80. The topological polar surface area (TPSA) is 76.8 Å². The molecule has 4 rings (SSSR count). The number of H-pyrrole nitrogens is 1.